The fraction of sp³-hybridized carbons (Fsp3) is 0.150. The Morgan fingerprint density at radius 1 is 0.400 bits per heavy atom. The van der Waals surface area contributed by atoms with Crippen molar-refractivity contribution in [1.82, 2.24) is 0 Å². The maximum Gasteiger partial charge on any atom is -0.00697 e. The number of aryl methyl sites for hydroxylation is 2. The fourth-order valence-corrected chi connectivity index (χ4v) is 5.96. The highest BCUT2D eigenvalue weighted by Crippen LogP contribution is 2.41. The van der Waals surface area contributed by atoms with Crippen molar-refractivity contribution in [3.05, 3.63) is 132 Å². The summed E-state index contributed by atoms with van der Waals surface area (Å²) in [5.74, 6) is 0. The van der Waals surface area contributed by atoms with E-state index in [-0.39, 0.29) is 0 Å². The normalized spacial score (nSPS) is 10.4. The molecule has 0 nitrogen and oxygen atoms in total. The van der Waals surface area contributed by atoms with Gasteiger partial charge in [-0.2, -0.15) is 0 Å². The lowest BCUT2D eigenvalue weighted by molar-refractivity contribution is 1.48. The van der Waals surface area contributed by atoms with Gasteiger partial charge in [-0.3, -0.25) is 0 Å². The second-order valence-electron chi connectivity index (χ2n) is 9.45. The highest BCUT2D eigenvalue weighted by molar-refractivity contribution is 6.15. The van der Waals surface area contributed by atoms with Crippen molar-refractivity contribution in [3.63, 3.8) is 0 Å². The van der Waals surface area contributed by atoms with Crippen molar-refractivity contribution in [3.8, 4) is 22.3 Å². The lowest BCUT2D eigenvalue weighted by Crippen LogP contribution is -1.95. The molecule has 0 aliphatic rings. The Balaban J connectivity index is 0.000000886. The molecular formula is C40H40. The van der Waals surface area contributed by atoms with Crippen LogP contribution in [0.3, 0.4) is 0 Å². The van der Waals surface area contributed by atoms with E-state index in [4.69, 9.17) is 0 Å². The molecule has 6 rings (SSSR count). The SMILES string of the molecule is C=Cc1c(-c2ccc(-c3c(C)c4ccccc4c4ccccc34)cc2)c(C)c2ccccc2c1C=C.CC.CC. The van der Waals surface area contributed by atoms with E-state index >= 15 is 0 Å². The van der Waals surface area contributed by atoms with E-state index in [9.17, 15) is 0 Å². The molecule has 6 aromatic rings. The average Bonchev–Trinajstić information content (AvgIpc) is 3.03. The summed E-state index contributed by atoms with van der Waals surface area (Å²) in [7, 11) is 0. The maximum absolute atomic E-state index is 4.17. The van der Waals surface area contributed by atoms with Crippen LogP contribution in [0.4, 0.5) is 0 Å². The fourth-order valence-electron chi connectivity index (χ4n) is 5.96. The summed E-state index contributed by atoms with van der Waals surface area (Å²) < 4.78 is 0. The van der Waals surface area contributed by atoms with Crippen molar-refractivity contribution in [2.75, 3.05) is 0 Å². The molecule has 0 N–H and O–H groups in total. The van der Waals surface area contributed by atoms with Crippen LogP contribution in [0.25, 0.3) is 66.7 Å². The van der Waals surface area contributed by atoms with Gasteiger partial charge in [0.2, 0.25) is 0 Å². The van der Waals surface area contributed by atoms with Crippen LogP contribution in [0, 0.1) is 13.8 Å². The molecule has 0 saturated carbocycles. The van der Waals surface area contributed by atoms with E-state index in [0.29, 0.717) is 0 Å². The van der Waals surface area contributed by atoms with Crippen molar-refractivity contribution < 1.29 is 0 Å². The van der Waals surface area contributed by atoms with E-state index < -0.39 is 0 Å². The molecule has 0 heterocycles. The smallest absolute Gasteiger partial charge is 0.00697 e. The Labute approximate surface area is 240 Å². The Morgan fingerprint density at radius 2 is 0.750 bits per heavy atom. The number of rotatable bonds is 4. The summed E-state index contributed by atoms with van der Waals surface area (Å²) >= 11 is 0. The number of hydrogen-bond donors (Lipinski definition) is 0. The van der Waals surface area contributed by atoms with E-state index in [1.54, 1.807) is 0 Å². The number of fused-ring (bicyclic) bond motifs is 4. The monoisotopic (exact) mass is 520 g/mol. The minimum Gasteiger partial charge on any atom is -0.0984 e. The summed E-state index contributed by atoms with van der Waals surface area (Å²) in [6.45, 7) is 20.8. The van der Waals surface area contributed by atoms with Gasteiger partial charge in [0.1, 0.15) is 0 Å². The molecule has 0 aromatic heterocycles. The van der Waals surface area contributed by atoms with Crippen molar-refractivity contribution in [2.45, 2.75) is 41.5 Å². The van der Waals surface area contributed by atoms with E-state index in [1.165, 1.54) is 65.7 Å². The van der Waals surface area contributed by atoms with Crippen LogP contribution >= 0.6 is 0 Å². The Kier molecular flexibility index (Phi) is 9.02. The molecule has 0 spiro atoms. The number of hydrogen-bond acceptors (Lipinski definition) is 0. The lowest BCUT2D eigenvalue weighted by Gasteiger charge is -2.19. The van der Waals surface area contributed by atoms with Crippen LogP contribution < -0.4 is 0 Å². The Morgan fingerprint density at radius 3 is 1.25 bits per heavy atom. The van der Waals surface area contributed by atoms with Crippen molar-refractivity contribution in [1.29, 1.82) is 0 Å². The summed E-state index contributed by atoms with van der Waals surface area (Å²) in [5.41, 5.74) is 9.84. The van der Waals surface area contributed by atoms with Crippen LogP contribution in [-0.2, 0) is 0 Å². The van der Waals surface area contributed by atoms with Gasteiger partial charge >= 0.3 is 0 Å². The zero-order valence-corrected chi connectivity index (χ0v) is 24.8. The van der Waals surface area contributed by atoms with Crippen LogP contribution in [0.2, 0.25) is 0 Å². The van der Waals surface area contributed by atoms with Gasteiger partial charge in [-0.25, -0.2) is 0 Å². The van der Waals surface area contributed by atoms with Gasteiger partial charge in [0.05, 0.1) is 0 Å². The van der Waals surface area contributed by atoms with Gasteiger partial charge in [0, 0.05) is 0 Å². The minimum absolute atomic E-state index is 1.14. The molecule has 0 radical (unpaired) electrons. The molecule has 0 unspecified atom stereocenters. The largest absolute Gasteiger partial charge is 0.0984 e. The van der Waals surface area contributed by atoms with Crippen LogP contribution in [0.15, 0.2) is 110 Å². The first-order valence-electron chi connectivity index (χ1n) is 14.4. The predicted octanol–water partition coefficient (Wildman–Crippen LogP) is 12.4. The first kappa shape index (κ1) is 28.6. The molecule has 0 amide bonds. The number of benzene rings is 6. The summed E-state index contributed by atoms with van der Waals surface area (Å²) in [6, 6.07) is 35.1. The van der Waals surface area contributed by atoms with Crippen LogP contribution in [0.1, 0.15) is 49.9 Å². The molecule has 0 saturated heterocycles. The molecule has 0 bridgehead atoms. The molecule has 40 heavy (non-hydrogen) atoms. The molecular weight excluding hydrogens is 480 g/mol. The Bertz CT molecular complexity index is 1810. The average molecular weight is 521 g/mol. The highest BCUT2D eigenvalue weighted by Gasteiger charge is 2.17. The second kappa shape index (κ2) is 12.6. The van der Waals surface area contributed by atoms with Crippen molar-refractivity contribution in [2.24, 2.45) is 0 Å². The van der Waals surface area contributed by atoms with Gasteiger partial charge in [-0.1, -0.05) is 150 Å². The summed E-state index contributed by atoms with van der Waals surface area (Å²) in [4.78, 5) is 0. The molecule has 0 atom stereocenters. The van der Waals surface area contributed by atoms with Gasteiger partial charge in [0.15, 0.2) is 0 Å². The van der Waals surface area contributed by atoms with Gasteiger partial charge < -0.3 is 0 Å². The molecule has 6 aromatic carbocycles. The standard InChI is InChI=1S/C36H28.2C2H6/c1-5-27-28(6-2)35(23(3)29-13-7-9-15-31(27)29)25-19-21-26(22-20-25)36-24(4)30-14-8-10-16-32(30)33-17-11-12-18-34(33)36;2*1-2/h5-22H,1-2H2,3-4H3;2*1-2H3. The minimum atomic E-state index is 1.14. The van der Waals surface area contributed by atoms with E-state index in [1.807, 2.05) is 39.8 Å². The quantitative estimate of drug-likeness (QED) is 0.203. The van der Waals surface area contributed by atoms with E-state index in [2.05, 4.69) is 124 Å². The summed E-state index contributed by atoms with van der Waals surface area (Å²) in [6.07, 6.45) is 3.93. The molecule has 200 valence electrons. The topological polar surface area (TPSA) is 0 Å². The molecule has 0 heteroatoms. The highest BCUT2D eigenvalue weighted by atomic mass is 14.2. The third-order valence-corrected chi connectivity index (χ3v) is 7.62. The zero-order chi connectivity index (χ0) is 28.8. The van der Waals surface area contributed by atoms with Crippen LogP contribution in [-0.4, -0.2) is 0 Å². The van der Waals surface area contributed by atoms with Gasteiger partial charge in [-0.15, -0.1) is 0 Å². The summed E-state index contributed by atoms with van der Waals surface area (Å²) in [5, 5.41) is 7.69. The third kappa shape index (κ3) is 4.75. The van der Waals surface area contributed by atoms with Gasteiger partial charge in [-0.05, 0) is 90.7 Å². The molecule has 0 fully saturated rings. The molecule has 0 aliphatic carbocycles. The third-order valence-electron chi connectivity index (χ3n) is 7.62. The first-order chi connectivity index (χ1) is 19.6. The van der Waals surface area contributed by atoms with Gasteiger partial charge in [0.25, 0.3) is 0 Å². The molecule has 0 aliphatic heterocycles. The first-order valence-corrected chi connectivity index (χ1v) is 14.4. The maximum atomic E-state index is 4.17. The van der Waals surface area contributed by atoms with Crippen molar-refractivity contribution >= 4 is 44.5 Å². The Hall–Kier alpha value is -4.42. The lowest BCUT2D eigenvalue weighted by atomic mass is 9.85. The zero-order valence-electron chi connectivity index (χ0n) is 24.8. The van der Waals surface area contributed by atoms with Crippen LogP contribution in [0.5, 0.6) is 0 Å². The second-order valence-corrected chi connectivity index (χ2v) is 9.45. The predicted molar refractivity (Wildman–Crippen MR) is 182 cm³/mol. The van der Waals surface area contributed by atoms with E-state index in [0.717, 1.165) is 11.1 Å².